The summed E-state index contributed by atoms with van der Waals surface area (Å²) in [6, 6.07) is 9.83. The summed E-state index contributed by atoms with van der Waals surface area (Å²) in [5.41, 5.74) is 0.670. The zero-order valence-electron chi connectivity index (χ0n) is 17.9. The number of hydrogen-bond acceptors (Lipinski definition) is 4. The van der Waals surface area contributed by atoms with Crippen LogP contribution < -0.4 is 10.6 Å². The van der Waals surface area contributed by atoms with E-state index in [-0.39, 0.29) is 17.7 Å². The standard InChI is InChI=1S/C22H34N4O3/c1-22(2,3)21(29)23-11-7-10-20(28)26-14-12-25(13-15-26)17-19(27)24-16-18-8-5-4-6-9-18/h4-6,8-9H,7,10-17H2,1-3H3,(H,23,29)(H,24,27). The number of carbonyl (C=O) groups is 3. The molecule has 0 radical (unpaired) electrons. The monoisotopic (exact) mass is 402 g/mol. The van der Waals surface area contributed by atoms with Gasteiger partial charge >= 0.3 is 0 Å². The molecule has 2 rings (SSSR count). The van der Waals surface area contributed by atoms with Crippen LogP contribution in [-0.2, 0) is 20.9 Å². The summed E-state index contributed by atoms with van der Waals surface area (Å²) in [6.45, 7) is 9.69. The predicted octanol–water partition coefficient (Wildman–Crippen LogP) is 1.39. The Labute approximate surface area is 173 Å². The van der Waals surface area contributed by atoms with E-state index >= 15 is 0 Å². The lowest BCUT2D eigenvalue weighted by atomic mass is 9.96. The van der Waals surface area contributed by atoms with Gasteiger partial charge in [-0.3, -0.25) is 19.3 Å². The van der Waals surface area contributed by atoms with Crippen LogP contribution in [0.5, 0.6) is 0 Å². The molecular weight excluding hydrogens is 368 g/mol. The van der Waals surface area contributed by atoms with Crippen LogP contribution in [0.2, 0.25) is 0 Å². The number of amides is 3. The molecule has 7 nitrogen and oxygen atoms in total. The van der Waals surface area contributed by atoms with Gasteiger partial charge in [-0.25, -0.2) is 0 Å². The molecule has 0 aromatic heterocycles. The van der Waals surface area contributed by atoms with Crippen molar-refractivity contribution in [2.75, 3.05) is 39.3 Å². The molecule has 1 aliphatic rings. The summed E-state index contributed by atoms with van der Waals surface area (Å²) in [7, 11) is 0. The van der Waals surface area contributed by atoms with Gasteiger partial charge in [0.05, 0.1) is 6.54 Å². The number of piperazine rings is 1. The van der Waals surface area contributed by atoms with Crippen molar-refractivity contribution in [2.24, 2.45) is 5.41 Å². The van der Waals surface area contributed by atoms with Gasteiger partial charge in [0, 0.05) is 51.1 Å². The first kappa shape index (κ1) is 22.9. The van der Waals surface area contributed by atoms with Crippen molar-refractivity contribution < 1.29 is 14.4 Å². The van der Waals surface area contributed by atoms with Crippen LogP contribution in [0.15, 0.2) is 30.3 Å². The number of benzene rings is 1. The van der Waals surface area contributed by atoms with E-state index in [1.165, 1.54) is 0 Å². The van der Waals surface area contributed by atoms with Gasteiger partial charge in [-0.15, -0.1) is 0 Å². The van der Waals surface area contributed by atoms with Gasteiger partial charge in [0.1, 0.15) is 0 Å². The zero-order chi connectivity index (χ0) is 21.3. The van der Waals surface area contributed by atoms with E-state index in [4.69, 9.17) is 0 Å². The summed E-state index contributed by atoms with van der Waals surface area (Å²) in [6.07, 6.45) is 1.07. The minimum absolute atomic E-state index is 0.00298. The third kappa shape index (κ3) is 8.23. The van der Waals surface area contributed by atoms with Crippen LogP contribution in [0.4, 0.5) is 0 Å². The highest BCUT2D eigenvalue weighted by Gasteiger charge is 2.23. The van der Waals surface area contributed by atoms with Gasteiger partial charge in [-0.2, -0.15) is 0 Å². The first-order valence-corrected chi connectivity index (χ1v) is 10.3. The molecule has 29 heavy (non-hydrogen) atoms. The molecule has 1 heterocycles. The Morgan fingerprint density at radius 3 is 2.24 bits per heavy atom. The second kappa shape index (κ2) is 11.0. The summed E-state index contributed by atoms with van der Waals surface area (Å²) in [5.74, 6) is 0.121. The van der Waals surface area contributed by atoms with Crippen LogP contribution >= 0.6 is 0 Å². The van der Waals surface area contributed by atoms with Crippen LogP contribution in [0.1, 0.15) is 39.2 Å². The Kier molecular flexibility index (Phi) is 8.64. The summed E-state index contributed by atoms with van der Waals surface area (Å²) in [4.78, 5) is 40.2. The first-order valence-electron chi connectivity index (χ1n) is 10.3. The fourth-order valence-corrected chi connectivity index (χ4v) is 3.08. The molecule has 1 fully saturated rings. The average molecular weight is 403 g/mol. The number of hydrogen-bond donors (Lipinski definition) is 2. The number of rotatable bonds is 8. The molecule has 0 atom stereocenters. The molecule has 0 unspecified atom stereocenters. The molecule has 0 aliphatic carbocycles. The van der Waals surface area contributed by atoms with Crippen LogP contribution in [0.3, 0.4) is 0 Å². The van der Waals surface area contributed by atoms with Gasteiger partial charge < -0.3 is 15.5 Å². The highest BCUT2D eigenvalue weighted by atomic mass is 16.2. The molecule has 1 aromatic carbocycles. The fraction of sp³-hybridized carbons (Fsp3) is 0.591. The van der Waals surface area contributed by atoms with Gasteiger partial charge in [0.25, 0.3) is 0 Å². The summed E-state index contributed by atoms with van der Waals surface area (Å²) < 4.78 is 0. The van der Waals surface area contributed by atoms with E-state index in [0.29, 0.717) is 58.7 Å². The molecule has 2 N–H and O–H groups in total. The van der Waals surface area contributed by atoms with E-state index < -0.39 is 5.41 Å². The van der Waals surface area contributed by atoms with E-state index in [9.17, 15) is 14.4 Å². The average Bonchev–Trinajstić information content (AvgIpc) is 2.70. The molecule has 1 aromatic rings. The van der Waals surface area contributed by atoms with Crippen molar-refractivity contribution in [3.05, 3.63) is 35.9 Å². The van der Waals surface area contributed by atoms with Crippen molar-refractivity contribution >= 4 is 17.7 Å². The van der Waals surface area contributed by atoms with Crippen LogP contribution in [-0.4, -0.2) is 66.8 Å². The molecule has 0 spiro atoms. The smallest absolute Gasteiger partial charge is 0.234 e. The van der Waals surface area contributed by atoms with Gasteiger partial charge in [0.2, 0.25) is 17.7 Å². The van der Waals surface area contributed by atoms with Gasteiger partial charge in [0.15, 0.2) is 0 Å². The van der Waals surface area contributed by atoms with Gasteiger partial charge in [-0.1, -0.05) is 51.1 Å². The molecule has 1 aliphatic heterocycles. The van der Waals surface area contributed by atoms with Crippen molar-refractivity contribution in [3.63, 3.8) is 0 Å². The molecule has 0 saturated carbocycles. The molecule has 160 valence electrons. The highest BCUT2D eigenvalue weighted by Crippen LogP contribution is 2.12. The molecule has 3 amide bonds. The van der Waals surface area contributed by atoms with E-state index in [2.05, 4.69) is 15.5 Å². The van der Waals surface area contributed by atoms with Crippen molar-refractivity contribution in [1.29, 1.82) is 0 Å². The zero-order valence-corrected chi connectivity index (χ0v) is 17.9. The number of nitrogens with zero attached hydrogens (tertiary/aromatic N) is 2. The largest absolute Gasteiger partial charge is 0.356 e. The number of carbonyl (C=O) groups excluding carboxylic acids is 3. The Hall–Kier alpha value is -2.41. The summed E-state index contributed by atoms with van der Waals surface area (Å²) >= 11 is 0. The Balaban J connectivity index is 1.59. The SMILES string of the molecule is CC(C)(C)C(=O)NCCCC(=O)N1CCN(CC(=O)NCc2ccccc2)CC1. The minimum Gasteiger partial charge on any atom is -0.356 e. The van der Waals surface area contributed by atoms with Gasteiger partial charge in [-0.05, 0) is 12.0 Å². The van der Waals surface area contributed by atoms with Crippen molar-refractivity contribution in [1.82, 2.24) is 20.4 Å². The highest BCUT2D eigenvalue weighted by molar-refractivity contribution is 5.81. The second-order valence-electron chi connectivity index (χ2n) is 8.53. The maximum Gasteiger partial charge on any atom is 0.234 e. The Morgan fingerprint density at radius 2 is 1.62 bits per heavy atom. The number of nitrogens with one attached hydrogen (secondary N) is 2. The molecule has 7 heteroatoms. The fourth-order valence-electron chi connectivity index (χ4n) is 3.08. The topological polar surface area (TPSA) is 81.8 Å². The van der Waals surface area contributed by atoms with E-state index in [1.807, 2.05) is 56.0 Å². The molecule has 1 saturated heterocycles. The van der Waals surface area contributed by atoms with Crippen molar-refractivity contribution in [3.8, 4) is 0 Å². The van der Waals surface area contributed by atoms with Crippen LogP contribution in [0.25, 0.3) is 0 Å². The second-order valence-corrected chi connectivity index (χ2v) is 8.53. The summed E-state index contributed by atoms with van der Waals surface area (Å²) in [5, 5.41) is 5.81. The molecular formula is C22H34N4O3. The third-order valence-electron chi connectivity index (χ3n) is 4.96. The maximum atomic E-state index is 12.3. The van der Waals surface area contributed by atoms with E-state index in [0.717, 1.165) is 5.56 Å². The quantitative estimate of drug-likeness (QED) is 0.644. The van der Waals surface area contributed by atoms with Crippen LogP contribution in [0, 0.1) is 5.41 Å². The van der Waals surface area contributed by atoms with Crippen molar-refractivity contribution in [2.45, 2.75) is 40.2 Å². The van der Waals surface area contributed by atoms with E-state index in [1.54, 1.807) is 0 Å². The lowest BCUT2D eigenvalue weighted by molar-refractivity contribution is -0.134. The maximum absolute atomic E-state index is 12.3. The third-order valence-corrected chi connectivity index (χ3v) is 4.96. The molecule has 0 bridgehead atoms. The predicted molar refractivity (Wildman–Crippen MR) is 113 cm³/mol. The first-order chi connectivity index (χ1) is 13.8. The Bertz CT molecular complexity index is 677. The lowest BCUT2D eigenvalue weighted by Gasteiger charge is -2.34. The Morgan fingerprint density at radius 1 is 0.966 bits per heavy atom. The lowest BCUT2D eigenvalue weighted by Crippen LogP contribution is -2.51. The normalized spacial score (nSPS) is 15.1. The minimum atomic E-state index is -0.409.